The molecule has 0 fully saturated rings. The van der Waals surface area contributed by atoms with Gasteiger partial charge in [-0.2, -0.15) is 0 Å². The maximum Gasteiger partial charge on any atom is 0.0540 e. The molecule has 0 aromatic heterocycles. The molecule has 0 aliphatic heterocycles. The maximum absolute atomic E-state index is 2.45. The second-order valence-electron chi connectivity index (χ2n) is 12.9. The standard InChI is InChI=1S/C46H43N/c1-4-5-6-7-13-35-14-12-15-39(32-35)47(38-27-25-37(26-28-38)36-23-20-33(2)21-24-36)46-31-30-44(42-18-10-11-19-45(42)46)43-29-22-34(3)40-16-8-9-17-41(40)43/h8-12,14-32H,4-7,13H2,1-3H3. The number of anilines is 3. The number of unbranched alkanes of at least 4 members (excludes halogenated alkanes) is 3. The molecule has 7 rings (SSSR count). The summed E-state index contributed by atoms with van der Waals surface area (Å²) in [5.74, 6) is 0. The fourth-order valence-electron chi connectivity index (χ4n) is 6.98. The van der Waals surface area contributed by atoms with E-state index in [0.717, 1.165) is 12.1 Å². The van der Waals surface area contributed by atoms with Gasteiger partial charge in [0.15, 0.2) is 0 Å². The van der Waals surface area contributed by atoms with Gasteiger partial charge in [0, 0.05) is 16.8 Å². The van der Waals surface area contributed by atoms with Crippen LogP contribution in [0.1, 0.15) is 49.3 Å². The van der Waals surface area contributed by atoms with Crippen LogP contribution in [0.2, 0.25) is 0 Å². The van der Waals surface area contributed by atoms with Crippen LogP contribution >= 0.6 is 0 Å². The van der Waals surface area contributed by atoms with Crippen LogP contribution in [0.15, 0.2) is 146 Å². The van der Waals surface area contributed by atoms with Crippen LogP contribution in [0.25, 0.3) is 43.8 Å². The van der Waals surface area contributed by atoms with Crippen molar-refractivity contribution in [3.05, 3.63) is 162 Å². The Balaban J connectivity index is 1.37. The average molecular weight is 610 g/mol. The molecule has 0 aliphatic carbocycles. The molecule has 7 aromatic rings. The highest BCUT2D eigenvalue weighted by atomic mass is 15.1. The lowest BCUT2D eigenvalue weighted by Crippen LogP contribution is -2.11. The summed E-state index contributed by atoms with van der Waals surface area (Å²) >= 11 is 0. The lowest BCUT2D eigenvalue weighted by Gasteiger charge is -2.28. The third-order valence-corrected chi connectivity index (χ3v) is 9.57. The Morgan fingerprint density at radius 2 is 1.09 bits per heavy atom. The number of fused-ring (bicyclic) bond motifs is 2. The minimum Gasteiger partial charge on any atom is -0.310 e. The molecule has 0 aliphatic rings. The van der Waals surface area contributed by atoms with Crippen molar-refractivity contribution in [2.45, 2.75) is 52.9 Å². The van der Waals surface area contributed by atoms with Gasteiger partial charge < -0.3 is 4.90 Å². The molecule has 0 saturated heterocycles. The van der Waals surface area contributed by atoms with Crippen LogP contribution < -0.4 is 4.90 Å². The molecule has 0 bridgehead atoms. The smallest absolute Gasteiger partial charge is 0.0540 e. The third kappa shape index (κ3) is 6.31. The van der Waals surface area contributed by atoms with Crippen molar-refractivity contribution >= 4 is 38.6 Å². The molecule has 0 N–H and O–H groups in total. The number of nitrogens with zero attached hydrogens (tertiary/aromatic N) is 1. The van der Waals surface area contributed by atoms with E-state index in [1.165, 1.54) is 97.5 Å². The van der Waals surface area contributed by atoms with Crippen molar-refractivity contribution in [2.24, 2.45) is 0 Å². The summed E-state index contributed by atoms with van der Waals surface area (Å²) in [6.07, 6.45) is 6.17. The Morgan fingerprint density at radius 3 is 1.79 bits per heavy atom. The first-order valence-corrected chi connectivity index (χ1v) is 17.2. The normalized spacial score (nSPS) is 11.3. The molecule has 1 nitrogen and oxygen atoms in total. The number of hydrogen-bond donors (Lipinski definition) is 0. The molecule has 0 atom stereocenters. The molecule has 0 spiro atoms. The predicted octanol–water partition coefficient (Wildman–Crippen LogP) is 13.5. The van der Waals surface area contributed by atoms with Gasteiger partial charge in [0.25, 0.3) is 0 Å². The minimum atomic E-state index is 1.11. The summed E-state index contributed by atoms with van der Waals surface area (Å²) < 4.78 is 0. The molecule has 232 valence electrons. The second kappa shape index (κ2) is 13.7. The quantitative estimate of drug-likeness (QED) is 0.139. The number of benzene rings is 7. The summed E-state index contributed by atoms with van der Waals surface area (Å²) in [6.45, 7) is 6.62. The van der Waals surface area contributed by atoms with Crippen LogP contribution in [0, 0.1) is 13.8 Å². The minimum absolute atomic E-state index is 1.11. The molecular weight excluding hydrogens is 567 g/mol. The molecular formula is C46H43N. The topological polar surface area (TPSA) is 3.24 Å². The van der Waals surface area contributed by atoms with Crippen LogP contribution in [0.4, 0.5) is 17.1 Å². The monoisotopic (exact) mass is 609 g/mol. The number of hydrogen-bond acceptors (Lipinski definition) is 1. The molecule has 0 unspecified atom stereocenters. The van der Waals surface area contributed by atoms with E-state index >= 15 is 0 Å². The highest BCUT2D eigenvalue weighted by Crippen LogP contribution is 2.44. The second-order valence-corrected chi connectivity index (χ2v) is 12.9. The molecule has 1 heteroatoms. The fourth-order valence-corrected chi connectivity index (χ4v) is 6.98. The highest BCUT2D eigenvalue weighted by molar-refractivity contribution is 6.10. The fraction of sp³-hybridized carbons (Fsp3) is 0.174. The van der Waals surface area contributed by atoms with E-state index < -0.39 is 0 Å². The largest absolute Gasteiger partial charge is 0.310 e. The van der Waals surface area contributed by atoms with Gasteiger partial charge in [-0.1, -0.05) is 147 Å². The Labute approximate surface area is 280 Å². The maximum atomic E-state index is 2.45. The van der Waals surface area contributed by atoms with E-state index in [1.807, 2.05) is 0 Å². The van der Waals surface area contributed by atoms with Crippen LogP contribution in [0.3, 0.4) is 0 Å². The molecule has 0 heterocycles. The lowest BCUT2D eigenvalue weighted by molar-refractivity contribution is 0.667. The molecule has 7 aromatic carbocycles. The average Bonchev–Trinajstić information content (AvgIpc) is 3.12. The Bertz CT molecular complexity index is 2140. The van der Waals surface area contributed by atoms with E-state index in [1.54, 1.807) is 0 Å². The van der Waals surface area contributed by atoms with Crippen molar-refractivity contribution in [1.29, 1.82) is 0 Å². The van der Waals surface area contributed by atoms with Gasteiger partial charge in [-0.25, -0.2) is 0 Å². The van der Waals surface area contributed by atoms with Gasteiger partial charge in [0.05, 0.1) is 5.69 Å². The molecule has 0 radical (unpaired) electrons. The van der Waals surface area contributed by atoms with Crippen molar-refractivity contribution in [3.8, 4) is 22.3 Å². The van der Waals surface area contributed by atoms with Gasteiger partial charge >= 0.3 is 0 Å². The first-order chi connectivity index (χ1) is 23.1. The lowest BCUT2D eigenvalue weighted by atomic mass is 9.91. The van der Waals surface area contributed by atoms with Crippen LogP contribution in [0.5, 0.6) is 0 Å². The zero-order valence-electron chi connectivity index (χ0n) is 27.8. The summed E-state index contributed by atoms with van der Waals surface area (Å²) in [6, 6.07) is 54.0. The van der Waals surface area contributed by atoms with Crippen molar-refractivity contribution in [3.63, 3.8) is 0 Å². The van der Waals surface area contributed by atoms with E-state index in [4.69, 9.17) is 0 Å². The predicted molar refractivity (Wildman–Crippen MR) is 204 cm³/mol. The van der Waals surface area contributed by atoms with Gasteiger partial charge in [0.2, 0.25) is 0 Å². The van der Waals surface area contributed by atoms with E-state index in [0.29, 0.717) is 0 Å². The van der Waals surface area contributed by atoms with Gasteiger partial charge in [0.1, 0.15) is 0 Å². The molecule has 0 amide bonds. The van der Waals surface area contributed by atoms with Crippen molar-refractivity contribution < 1.29 is 0 Å². The van der Waals surface area contributed by atoms with Crippen molar-refractivity contribution in [1.82, 2.24) is 0 Å². The van der Waals surface area contributed by atoms with Crippen LogP contribution in [-0.2, 0) is 6.42 Å². The van der Waals surface area contributed by atoms with Gasteiger partial charge in [-0.3, -0.25) is 0 Å². The Morgan fingerprint density at radius 1 is 0.468 bits per heavy atom. The molecule has 0 saturated carbocycles. The number of rotatable bonds is 10. The van der Waals surface area contributed by atoms with E-state index in [2.05, 4.69) is 171 Å². The summed E-state index contributed by atoms with van der Waals surface area (Å²) in [5.41, 5.74) is 12.5. The summed E-state index contributed by atoms with van der Waals surface area (Å²) in [7, 11) is 0. The SMILES string of the molecule is CCCCCCc1cccc(N(c2ccc(-c3ccc(C)cc3)cc2)c2ccc(-c3ccc(C)c4ccccc34)c3ccccc23)c1. The zero-order chi connectivity index (χ0) is 32.2. The number of aryl methyl sites for hydroxylation is 3. The zero-order valence-corrected chi connectivity index (χ0v) is 27.8. The van der Waals surface area contributed by atoms with Gasteiger partial charge in [-0.15, -0.1) is 0 Å². The third-order valence-electron chi connectivity index (χ3n) is 9.57. The van der Waals surface area contributed by atoms with Gasteiger partial charge in [-0.05, 0) is 107 Å². The Hall–Kier alpha value is -5.14. The van der Waals surface area contributed by atoms with Crippen molar-refractivity contribution in [2.75, 3.05) is 4.90 Å². The van der Waals surface area contributed by atoms with Crippen LogP contribution in [-0.4, -0.2) is 0 Å². The van der Waals surface area contributed by atoms with E-state index in [9.17, 15) is 0 Å². The summed E-state index contributed by atoms with van der Waals surface area (Å²) in [4.78, 5) is 2.45. The van der Waals surface area contributed by atoms with E-state index in [-0.39, 0.29) is 0 Å². The molecule has 47 heavy (non-hydrogen) atoms. The first-order valence-electron chi connectivity index (χ1n) is 17.2. The highest BCUT2D eigenvalue weighted by Gasteiger charge is 2.19. The summed E-state index contributed by atoms with van der Waals surface area (Å²) in [5, 5.41) is 5.11. The first kappa shape index (κ1) is 30.5. The Kier molecular flexibility index (Phi) is 8.89.